The van der Waals surface area contributed by atoms with E-state index < -0.39 is 0 Å². The Kier molecular flexibility index (Phi) is 5.65. The standard InChI is InChI=1S/C18H16Cl2N4O2/c1-26-17-6-4-13(20)10-15(17)23-18(25)11-21-14-9-12(19)3-5-16(14)24-8-2-7-22-24/h2-10,21H,11H2,1H3,(H,23,25). The number of nitrogens with one attached hydrogen (secondary N) is 2. The SMILES string of the molecule is COc1ccc(Cl)cc1NC(=O)CNc1cc(Cl)ccc1-n1cccn1. The molecule has 0 radical (unpaired) electrons. The first-order valence-corrected chi connectivity index (χ1v) is 8.49. The number of benzene rings is 2. The Morgan fingerprint density at radius 1 is 1.15 bits per heavy atom. The first-order chi connectivity index (χ1) is 12.6. The molecule has 0 aliphatic rings. The van der Waals surface area contributed by atoms with Crippen LogP contribution in [0.15, 0.2) is 54.9 Å². The Bertz CT molecular complexity index is 914. The van der Waals surface area contributed by atoms with Gasteiger partial charge in [0.15, 0.2) is 0 Å². The van der Waals surface area contributed by atoms with Gasteiger partial charge in [0.25, 0.3) is 0 Å². The van der Waals surface area contributed by atoms with Crippen molar-refractivity contribution >= 4 is 40.5 Å². The summed E-state index contributed by atoms with van der Waals surface area (Å²) in [6.45, 7) is 0.0320. The van der Waals surface area contributed by atoms with Crippen LogP contribution < -0.4 is 15.4 Å². The molecule has 0 fully saturated rings. The summed E-state index contributed by atoms with van der Waals surface area (Å²) in [5.74, 6) is 0.277. The topological polar surface area (TPSA) is 68.2 Å². The summed E-state index contributed by atoms with van der Waals surface area (Å²) in [6.07, 6.45) is 3.49. The highest BCUT2D eigenvalue weighted by atomic mass is 35.5. The van der Waals surface area contributed by atoms with Crippen LogP contribution in [0.5, 0.6) is 5.75 Å². The van der Waals surface area contributed by atoms with E-state index in [9.17, 15) is 4.79 Å². The number of halogens is 2. The minimum atomic E-state index is -0.253. The van der Waals surface area contributed by atoms with Crippen molar-refractivity contribution < 1.29 is 9.53 Å². The van der Waals surface area contributed by atoms with Gasteiger partial charge in [-0.1, -0.05) is 23.2 Å². The molecule has 1 heterocycles. The van der Waals surface area contributed by atoms with Crippen LogP contribution in [0.1, 0.15) is 0 Å². The third-order valence-electron chi connectivity index (χ3n) is 3.58. The zero-order valence-corrected chi connectivity index (χ0v) is 15.4. The molecular weight excluding hydrogens is 375 g/mol. The fourth-order valence-corrected chi connectivity index (χ4v) is 2.75. The first kappa shape index (κ1) is 18.1. The molecule has 0 bridgehead atoms. The second-order valence-corrected chi connectivity index (χ2v) is 6.23. The summed E-state index contributed by atoms with van der Waals surface area (Å²) < 4.78 is 6.92. The molecule has 0 atom stereocenters. The molecule has 6 nitrogen and oxygen atoms in total. The molecule has 0 saturated heterocycles. The van der Waals surface area contributed by atoms with Crippen molar-refractivity contribution in [1.29, 1.82) is 0 Å². The van der Waals surface area contributed by atoms with Crippen molar-refractivity contribution in [2.75, 3.05) is 24.3 Å². The first-order valence-electron chi connectivity index (χ1n) is 7.73. The van der Waals surface area contributed by atoms with Crippen LogP contribution in [0.4, 0.5) is 11.4 Å². The van der Waals surface area contributed by atoms with Crippen LogP contribution in [0.3, 0.4) is 0 Å². The molecule has 2 aromatic carbocycles. The van der Waals surface area contributed by atoms with Gasteiger partial charge < -0.3 is 15.4 Å². The maximum Gasteiger partial charge on any atom is 0.243 e. The number of nitrogens with zero attached hydrogens (tertiary/aromatic N) is 2. The van der Waals surface area contributed by atoms with Gasteiger partial charge in [0.2, 0.25) is 5.91 Å². The normalized spacial score (nSPS) is 10.4. The molecule has 0 aliphatic carbocycles. The summed E-state index contributed by atoms with van der Waals surface area (Å²) in [4.78, 5) is 12.3. The quantitative estimate of drug-likeness (QED) is 0.660. The number of aromatic nitrogens is 2. The maximum atomic E-state index is 12.3. The van der Waals surface area contributed by atoms with Crippen LogP contribution in [0.2, 0.25) is 10.0 Å². The summed E-state index contributed by atoms with van der Waals surface area (Å²) in [6, 6.07) is 12.2. The van der Waals surface area contributed by atoms with Crippen molar-refractivity contribution in [3.05, 3.63) is 64.9 Å². The van der Waals surface area contributed by atoms with Gasteiger partial charge in [-0.3, -0.25) is 4.79 Å². The summed E-state index contributed by atoms with van der Waals surface area (Å²) >= 11 is 12.1. The minimum Gasteiger partial charge on any atom is -0.495 e. The number of carbonyl (C=O) groups is 1. The monoisotopic (exact) mass is 390 g/mol. The zero-order chi connectivity index (χ0) is 18.5. The Morgan fingerprint density at radius 2 is 1.88 bits per heavy atom. The molecule has 8 heteroatoms. The lowest BCUT2D eigenvalue weighted by molar-refractivity contribution is -0.114. The van der Waals surface area contributed by atoms with Crippen molar-refractivity contribution in [2.24, 2.45) is 0 Å². The lowest BCUT2D eigenvalue weighted by atomic mass is 10.2. The highest BCUT2D eigenvalue weighted by Gasteiger charge is 2.11. The van der Waals surface area contributed by atoms with Crippen molar-refractivity contribution in [1.82, 2.24) is 9.78 Å². The van der Waals surface area contributed by atoms with E-state index in [4.69, 9.17) is 27.9 Å². The molecule has 0 aliphatic heterocycles. The highest BCUT2D eigenvalue weighted by Crippen LogP contribution is 2.28. The maximum absolute atomic E-state index is 12.3. The minimum absolute atomic E-state index is 0.0320. The molecule has 0 saturated carbocycles. The van der Waals surface area contributed by atoms with E-state index in [1.165, 1.54) is 7.11 Å². The number of rotatable bonds is 6. The molecule has 1 aromatic heterocycles. The number of anilines is 2. The van der Waals surface area contributed by atoms with Gasteiger partial charge in [-0.05, 0) is 42.5 Å². The number of hydrogen-bond donors (Lipinski definition) is 2. The van der Waals surface area contributed by atoms with Gasteiger partial charge in [-0.15, -0.1) is 0 Å². The largest absolute Gasteiger partial charge is 0.495 e. The lowest BCUT2D eigenvalue weighted by Gasteiger charge is -2.14. The van der Waals surface area contributed by atoms with Gasteiger partial charge in [0, 0.05) is 22.4 Å². The van der Waals surface area contributed by atoms with Crippen LogP contribution in [-0.2, 0) is 4.79 Å². The van der Waals surface area contributed by atoms with E-state index >= 15 is 0 Å². The number of ether oxygens (including phenoxy) is 1. The fourth-order valence-electron chi connectivity index (χ4n) is 2.41. The fraction of sp³-hybridized carbons (Fsp3) is 0.111. The Morgan fingerprint density at radius 3 is 2.58 bits per heavy atom. The molecular formula is C18H16Cl2N4O2. The molecule has 134 valence electrons. The number of methoxy groups -OCH3 is 1. The molecule has 3 rings (SSSR count). The summed E-state index contributed by atoms with van der Waals surface area (Å²) in [7, 11) is 1.53. The lowest BCUT2D eigenvalue weighted by Crippen LogP contribution is -2.22. The van der Waals surface area contributed by atoms with Crippen molar-refractivity contribution in [3.63, 3.8) is 0 Å². The molecule has 1 amide bonds. The van der Waals surface area contributed by atoms with Crippen LogP contribution >= 0.6 is 23.2 Å². The highest BCUT2D eigenvalue weighted by molar-refractivity contribution is 6.31. The van der Waals surface area contributed by atoms with Crippen LogP contribution in [0.25, 0.3) is 5.69 Å². The van der Waals surface area contributed by atoms with E-state index in [-0.39, 0.29) is 12.5 Å². The van der Waals surface area contributed by atoms with E-state index in [0.717, 1.165) is 5.69 Å². The number of carbonyl (C=O) groups excluding carboxylic acids is 1. The number of hydrogen-bond acceptors (Lipinski definition) is 4. The predicted octanol–water partition coefficient (Wildman–Crippen LogP) is 4.24. The summed E-state index contributed by atoms with van der Waals surface area (Å²) in [5.41, 5.74) is 1.98. The van der Waals surface area contributed by atoms with Gasteiger partial charge in [-0.25, -0.2) is 4.68 Å². The second-order valence-electron chi connectivity index (χ2n) is 5.36. The zero-order valence-electron chi connectivity index (χ0n) is 13.9. The predicted molar refractivity (Wildman–Crippen MR) is 104 cm³/mol. The smallest absolute Gasteiger partial charge is 0.243 e. The number of amides is 1. The van der Waals surface area contributed by atoms with E-state index in [0.29, 0.717) is 27.2 Å². The Labute approximate surface area is 160 Å². The molecule has 0 unspecified atom stereocenters. The van der Waals surface area contributed by atoms with E-state index in [1.54, 1.807) is 41.2 Å². The van der Waals surface area contributed by atoms with Crippen LogP contribution in [-0.4, -0.2) is 29.3 Å². The third-order valence-corrected chi connectivity index (χ3v) is 4.06. The van der Waals surface area contributed by atoms with E-state index in [1.807, 2.05) is 18.3 Å². The molecule has 3 aromatic rings. The summed E-state index contributed by atoms with van der Waals surface area (Å²) in [5, 5.41) is 11.1. The van der Waals surface area contributed by atoms with Gasteiger partial charge in [-0.2, -0.15) is 5.10 Å². The Balaban J connectivity index is 1.73. The van der Waals surface area contributed by atoms with Gasteiger partial charge >= 0.3 is 0 Å². The average molecular weight is 391 g/mol. The second kappa shape index (κ2) is 8.12. The Hall–Kier alpha value is -2.70. The third kappa shape index (κ3) is 4.28. The molecule has 0 spiro atoms. The average Bonchev–Trinajstić information content (AvgIpc) is 3.14. The van der Waals surface area contributed by atoms with Crippen molar-refractivity contribution in [3.8, 4) is 11.4 Å². The molecule has 26 heavy (non-hydrogen) atoms. The van der Waals surface area contributed by atoms with Crippen LogP contribution in [0, 0.1) is 0 Å². The van der Waals surface area contributed by atoms with E-state index in [2.05, 4.69) is 15.7 Å². The molecule has 2 N–H and O–H groups in total. The van der Waals surface area contributed by atoms with Crippen molar-refractivity contribution in [2.45, 2.75) is 0 Å². The van der Waals surface area contributed by atoms with Gasteiger partial charge in [0.1, 0.15) is 5.75 Å². The van der Waals surface area contributed by atoms with Gasteiger partial charge in [0.05, 0.1) is 30.7 Å².